The molecule has 0 fully saturated rings. The van der Waals surface area contributed by atoms with Crippen LogP contribution in [0.1, 0.15) is 16.8 Å². The predicted molar refractivity (Wildman–Crippen MR) is 84.7 cm³/mol. The SMILES string of the molecule is Cc1cc(C)c(N=CCc2cccc(Br)n2)c(Cl)c1. The molecule has 0 bridgehead atoms. The number of aliphatic imine (C=N–C) groups is 1. The van der Waals surface area contributed by atoms with Crippen LogP contribution in [0.4, 0.5) is 5.69 Å². The predicted octanol–water partition coefficient (Wildman–Crippen LogP) is 5.06. The summed E-state index contributed by atoms with van der Waals surface area (Å²) in [5.74, 6) is 0. The van der Waals surface area contributed by atoms with Gasteiger partial charge in [0.1, 0.15) is 4.60 Å². The molecule has 1 aromatic carbocycles. The first kappa shape index (κ1) is 14.2. The van der Waals surface area contributed by atoms with E-state index < -0.39 is 0 Å². The van der Waals surface area contributed by atoms with E-state index in [4.69, 9.17) is 11.6 Å². The third-order valence-electron chi connectivity index (χ3n) is 2.69. The quantitative estimate of drug-likeness (QED) is 0.567. The molecule has 19 heavy (non-hydrogen) atoms. The molecule has 0 saturated carbocycles. The van der Waals surface area contributed by atoms with Crippen LogP contribution < -0.4 is 0 Å². The van der Waals surface area contributed by atoms with Crippen molar-refractivity contribution in [3.05, 3.63) is 56.8 Å². The fourth-order valence-electron chi connectivity index (χ4n) is 1.87. The number of halogens is 2. The summed E-state index contributed by atoms with van der Waals surface area (Å²) in [7, 11) is 0. The number of aryl methyl sites for hydroxylation is 2. The van der Waals surface area contributed by atoms with Gasteiger partial charge in [-0.1, -0.05) is 23.7 Å². The number of hydrogen-bond acceptors (Lipinski definition) is 2. The van der Waals surface area contributed by atoms with Crippen LogP contribution in [0, 0.1) is 13.8 Å². The van der Waals surface area contributed by atoms with Gasteiger partial charge in [-0.2, -0.15) is 0 Å². The second kappa shape index (κ2) is 6.31. The third-order valence-corrected chi connectivity index (χ3v) is 3.42. The summed E-state index contributed by atoms with van der Waals surface area (Å²) < 4.78 is 0.836. The maximum atomic E-state index is 6.20. The van der Waals surface area contributed by atoms with Crippen LogP contribution in [0.2, 0.25) is 5.02 Å². The summed E-state index contributed by atoms with van der Waals surface area (Å²) >= 11 is 9.56. The Hall–Kier alpha value is -1.19. The first-order valence-electron chi connectivity index (χ1n) is 5.97. The van der Waals surface area contributed by atoms with Gasteiger partial charge in [0.15, 0.2) is 0 Å². The highest BCUT2D eigenvalue weighted by Gasteiger charge is 2.03. The number of hydrogen-bond donors (Lipinski definition) is 0. The Morgan fingerprint density at radius 1 is 1.32 bits per heavy atom. The van der Waals surface area contributed by atoms with Crippen molar-refractivity contribution in [1.82, 2.24) is 4.98 Å². The number of aromatic nitrogens is 1. The van der Waals surface area contributed by atoms with Gasteiger partial charge < -0.3 is 0 Å². The van der Waals surface area contributed by atoms with E-state index in [9.17, 15) is 0 Å². The van der Waals surface area contributed by atoms with E-state index in [-0.39, 0.29) is 0 Å². The van der Waals surface area contributed by atoms with Crippen molar-refractivity contribution in [3.63, 3.8) is 0 Å². The molecular weight excluding hydrogens is 324 g/mol. The van der Waals surface area contributed by atoms with Crippen LogP contribution >= 0.6 is 27.5 Å². The average Bonchev–Trinajstić information content (AvgIpc) is 2.32. The first-order valence-corrected chi connectivity index (χ1v) is 7.14. The zero-order chi connectivity index (χ0) is 13.8. The molecule has 0 aliphatic heterocycles. The molecule has 0 N–H and O–H groups in total. The maximum Gasteiger partial charge on any atom is 0.106 e. The Balaban J connectivity index is 2.16. The summed E-state index contributed by atoms with van der Waals surface area (Å²) in [4.78, 5) is 8.81. The van der Waals surface area contributed by atoms with E-state index in [1.54, 1.807) is 0 Å². The average molecular weight is 338 g/mol. The molecule has 2 aromatic rings. The highest BCUT2D eigenvalue weighted by atomic mass is 79.9. The first-order chi connectivity index (χ1) is 9.06. The molecule has 0 unspecified atom stereocenters. The number of nitrogens with zero attached hydrogens (tertiary/aromatic N) is 2. The van der Waals surface area contributed by atoms with Crippen LogP contribution in [0.3, 0.4) is 0 Å². The van der Waals surface area contributed by atoms with Crippen LogP contribution in [0.25, 0.3) is 0 Å². The highest BCUT2D eigenvalue weighted by Crippen LogP contribution is 2.29. The number of benzene rings is 1. The van der Waals surface area contributed by atoms with E-state index in [2.05, 4.69) is 32.0 Å². The molecule has 98 valence electrons. The van der Waals surface area contributed by atoms with Crippen molar-refractivity contribution >= 4 is 39.4 Å². The normalized spacial score (nSPS) is 11.2. The Labute approximate surface area is 126 Å². The van der Waals surface area contributed by atoms with Gasteiger partial charge in [0, 0.05) is 18.3 Å². The molecule has 0 amide bonds. The van der Waals surface area contributed by atoms with Gasteiger partial charge in [-0.15, -0.1) is 0 Å². The molecule has 2 rings (SSSR count). The van der Waals surface area contributed by atoms with Crippen molar-refractivity contribution in [2.24, 2.45) is 4.99 Å². The Morgan fingerprint density at radius 3 is 2.79 bits per heavy atom. The van der Waals surface area contributed by atoms with Crippen LogP contribution in [-0.2, 0) is 6.42 Å². The Morgan fingerprint density at radius 2 is 2.11 bits per heavy atom. The summed E-state index contributed by atoms with van der Waals surface area (Å²) in [5.41, 5.74) is 4.04. The molecule has 0 atom stereocenters. The molecule has 0 saturated heterocycles. The molecule has 4 heteroatoms. The Bertz CT molecular complexity index is 600. The largest absolute Gasteiger partial charge is 0.259 e. The smallest absolute Gasteiger partial charge is 0.106 e. The van der Waals surface area contributed by atoms with Crippen molar-refractivity contribution in [1.29, 1.82) is 0 Å². The zero-order valence-corrected chi connectivity index (χ0v) is 13.2. The highest BCUT2D eigenvalue weighted by molar-refractivity contribution is 9.10. The fourth-order valence-corrected chi connectivity index (χ4v) is 2.62. The topological polar surface area (TPSA) is 25.2 Å². The lowest BCUT2D eigenvalue weighted by molar-refractivity contribution is 1.12. The number of rotatable bonds is 3. The summed E-state index contributed by atoms with van der Waals surface area (Å²) in [6.45, 7) is 4.04. The summed E-state index contributed by atoms with van der Waals surface area (Å²) in [5, 5.41) is 0.691. The Kier molecular flexibility index (Phi) is 4.72. The molecule has 2 nitrogen and oxygen atoms in total. The maximum absolute atomic E-state index is 6.20. The monoisotopic (exact) mass is 336 g/mol. The van der Waals surface area contributed by atoms with Gasteiger partial charge in [0.25, 0.3) is 0 Å². The van der Waals surface area contributed by atoms with Crippen LogP contribution in [0.5, 0.6) is 0 Å². The van der Waals surface area contributed by atoms with Gasteiger partial charge in [0.05, 0.1) is 10.7 Å². The summed E-state index contributed by atoms with van der Waals surface area (Å²) in [6, 6.07) is 9.85. The van der Waals surface area contributed by atoms with E-state index in [1.165, 1.54) is 0 Å². The number of pyridine rings is 1. The molecular formula is C15H14BrClN2. The standard InChI is InChI=1S/C15H14BrClN2/c1-10-8-11(2)15(13(17)9-10)18-7-6-12-4-3-5-14(16)19-12/h3-5,7-9H,6H2,1-2H3. The van der Waals surface area contributed by atoms with Crippen molar-refractivity contribution in [2.45, 2.75) is 20.3 Å². The molecule has 0 aliphatic rings. The molecule has 0 spiro atoms. The van der Waals surface area contributed by atoms with Gasteiger partial charge >= 0.3 is 0 Å². The zero-order valence-electron chi connectivity index (χ0n) is 10.8. The minimum absolute atomic E-state index is 0.684. The van der Waals surface area contributed by atoms with Crippen molar-refractivity contribution in [2.75, 3.05) is 0 Å². The van der Waals surface area contributed by atoms with Crippen molar-refractivity contribution in [3.8, 4) is 0 Å². The molecule has 0 radical (unpaired) electrons. The second-order valence-corrected chi connectivity index (χ2v) is 5.60. The van der Waals surface area contributed by atoms with Gasteiger partial charge in [-0.05, 0) is 59.1 Å². The van der Waals surface area contributed by atoms with Gasteiger partial charge in [-0.3, -0.25) is 4.99 Å². The second-order valence-electron chi connectivity index (χ2n) is 4.38. The van der Waals surface area contributed by atoms with Crippen LogP contribution in [0.15, 0.2) is 39.9 Å². The molecule has 0 aliphatic carbocycles. The summed E-state index contributed by atoms with van der Waals surface area (Å²) in [6.07, 6.45) is 2.53. The fraction of sp³-hybridized carbons (Fsp3) is 0.200. The van der Waals surface area contributed by atoms with Crippen LogP contribution in [-0.4, -0.2) is 11.2 Å². The van der Waals surface area contributed by atoms with E-state index in [0.29, 0.717) is 11.4 Å². The van der Waals surface area contributed by atoms with E-state index >= 15 is 0 Å². The minimum atomic E-state index is 0.684. The molecule has 1 heterocycles. The van der Waals surface area contributed by atoms with E-state index in [0.717, 1.165) is 27.1 Å². The lowest BCUT2D eigenvalue weighted by atomic mass is 10.1. The van der Waals surface area contributed by atoms with E-state index in [1.807, 2.05) is 44.3 Å². The molecule has 1 aromatic heterocycles. The lowest BCUT2D eigenvalue weighted by Crippen LogP contribution is -1.91. The van der Waals surface area contributed by atoms with Gasteiger partial charge in [0.2, 0.25) is 0 Å². The third kappa shape index (κ3) is 3.88. The lowest BCUT2D eigenvalue weighted by Gasteiger charge is -2.04. The van der Waals surface area contributed by atoms with Gasteiger partial charge in [-0.25, -0.2) is 4.98 Å². The van der Waals surface area contributed by atoms with Crippen molar-refractivity contribution < 1.29 is 0 Å². The minimum Gasteiger partial charge on any atom is -0.259 e.